The summed E-state index contributed by atoms with van der Waals surface area (Å²) in [7, 11) is 0. The second-order valence-corrected chi connectivity index (χ2v) is 5.62. The standard InChI is InChI=1S/C15H28O2/c1(2-8-14-10-4-6-12-16-14)3-9-15-11-5-7-13-17-15/h14-15H,1-13H2. The lowest BCUT2D eigenvalue weighted by atomic mass is 10.00. The third-order valence-corrected chi connectivity index (χ3v) is 4.10. The van der Waals surface area contributed by atoms with Gasteiger partial charge in [-0.15, -0.1) is 0 Å². The van der Waals surface area contributed by atoms with E-state index in [1.54, 1.807) is 0 Å². The van der Waals surface area contributed by atoms with Crippen LogP contribution in [0.4, 0.5) is 0 Å². The highest BCUT2D eigenvalue weighted by molar-refractivity contribution is 4.66. The Bertz CT molecular complexity index is 161. The predicted octanol–water partition coefficient (Wildman–Crippen LogP) is 4.08. The lowest BCUT2D eigenvalue weighted by Gasteiger charge is -2.23. The molecule has 100 valence electrons. The number of hydrogen-bond donors (Lipinski definition) is 0. The molecule has 0 spiro atoms. The van der Waals surface area contributed by atoms with Gasteiger partial charge >= 0.3 is 0 Å². The molecule has 2 atom stereocenters. The van der Waals surface area contributed by atoms with E-state index < -0.39 is 0 Å². The Labute approximate surface area is 106 Å². The molecule has 0 aromatic rings. The fourth-order valence-electron chi connectivity index (χ4n) is 2.99. The van der Waals surface area contributed by atoms with Crippen LogP contribution in [0.5, 0.6) is 0 Å². The summed E-state index contributed by atoms with van der Waals surface area (Å²) in [6, 6.07) is 0. The Balaban J connectivity index is 1.42. The van der Waals surface area contributed by atoms with E-state index in [0.717, 1.165) is 13.2 Å². The van der Waals surface area contributed by atoms with Gasteiger partial charge in [0, 0.05) is 13.2 Å². The first-order valence-corrected chi connectivity index (χ1v) is 7.68. The molecule has 2 unspecified atom stereocenters. The highest BCUT2D eigenvalue weighted by Crippen LogP contribution is 2.21. The molecule has 0 radical (unpaired) electrons. The molecule has 2 heterocycles. The lowest BCUT2D eigenvalue weighted by Crippen LogP contribution is -2.19. The van der Waals surface area contributed by atoms with Crippen LogP contribution in [0.2, 0.25) is 0 Å². The highest BCUT2D eigenvalue weighted by atomic mass is 16.5. The smallest absolute Gasteiger partial charge is 0.0575 e. The van der Waals surface area contributed by atoms with Crippen LogP contribution in [0, 0.1) is 0 Å². The first kappa shape index (κ1) is 13.4. The van der Waals surface area contributed by atoms with Gasteiger partial charge in [-0.1, -0.05) is 19.3 Å². The quantitative estimate of drug-likeness (QED) is 0.651. The van der Waals surface area contributed by atoms with Crippen molar-refractivity contribution in [2.75, 3.05) is 13.2 Å². The average molecular weight is 240 g/mol. The van der Waals surface area contributed by atoms with Gasteiger partial charge < -0.3 is 9.47 Å². The summed E-state index contributed by atoms with van der Waals surface area (Å²) in [6.07, 6.45) is 15.7. The van der Waals surface area contributed by atoms with Gasteiger partial charge in [0.05, 0.1) is 12.2 Å². The van der Waals surface area contributed by atoms with Crippen LogP contribution in [-0.4, -0.2) is 25.4 Å². The minimum absolute atomic E-state index is 0.578. The van der Waals surface area contributed by atoms with E-state index in [1.165, 1.54) is 70.6 Å². The molecule has 0 amide bonds. The average Bonchev–Trinajstić information content (AvgIpc) is 2.41. The molecule has 2 saturated heterocycles. The summed E-state index contributed by atoms with van der Waals surface area (Å²) < 4.78 is 11.5. The molecule has 2 nitrogen and oxygen atoms in total. The second-order valence-electron chi connectivity index (χ2n) is 5.62. The lowest BCUT2D eigenvalue weighted by molar-refractivity contribution is 0.00558. The topological polar surface area (TPSA) is 18.5 Å². The van der Waals surface area contributed by atoms with E-state index in [0.29, 0.717) is 12.2 Å². The number of unbranched alkanes of at least 4 members (excludes halogenated alkanes) is 2. The van der Waals surface area contributed by atoms with Crippen LogP contribution < -0.4 is 0 Å². The zero-order valence-electron chi connectivity index (χ0n) is 11.2. The van der Waals surface area contributed by atoms with Crippen molar-refractivity contribution in [3.05, 3.63) is 0 Å². The van der Waals surface area contributed by atoms with Crippen LogP contribution in [0.25, 0.3) is 0 Å². The van der Waals surface area contributed by atoms with E-state index in [-0.39, 0.29) is 0 Å². The molecule has 0 aliphatic carbocycles. The van der Waals surface area contributed by atoms with Crippen molar-refractivity contribution in [1.82, 2.24) is 0 Å². The van der Waals surface area contributed by atoms with Crippen molar-refractivity contribution < 1.29 is 9.47 Å². The van der Waals surface area contributed by atoms with E-state index in [4.69, 9.17) is 9.47 Å². The van der Waals surface area contributed by atoms with Crippen molar-refractivity contribution in [2.24, 2.45) is 0 Å². The van der Waals surface area contributed by atoms with Crippen molar-refractivity contribution in [3.63, 3.8) is 0 Å². The fourth-order valence-corrected chi connectivity index (χ4v) is 2.99. The molecule has 2 aliphatic heterocycles. The number of rotatable bonds is 6. The minimum atomic E-state index is 0.578. The van der Waals surface area contributed by atoms with E-state index in [1.807, 2.05) is 0 Å². The highest BCUT2D eigenvalue weighted by Gasteiger charge is 2.14. The molecule has 0 N–H and O–H groups in total. The summed E-state index contributed by atoms with van der Waals surface area (Å²) in [4.78, 5) is 0. The SMILES string of the molecule is C(CCC1CCCCO1)CCC1CCCCO1. The van der Waals surface area contributed by atoms with Gasteiger partial charge in [-0.3, -0.25) is 0 Å². The Kier molecular flexibility index (Phi) is 6.36. The van der Waals surface area contributed by atoms with Crippen molar-refractivity contribution >= 4 is 0 Å². The molecular weight excluding hydrogens is 212 g/mol. The summed E-state index contributed by atoms with van der Waals surface area (Å²) in [6.45, 7) is 2.00. The Morgan fingerprint density at radius 2 is 1.18 bits per heavy atom. The van der Waals surface area contributed by atoms with E-state index in [9.17, 15) is 0 Å². The molecule has 17 heavy (non-hydrogen) atoms. The zero-order valence-corrected chi connectivity index (χ0v) is 11.2. The molecule has 2 aliphatic rings. The molecule has 0 saturated carbocycles. The van der Waals surface area contributed by atoms with Gasteiger partial charge in [0.1, 0.15) is 0 Å². The molecule has 2 rings (SSSR count). The first-order chi connectivity index (χ1) is 8.45. The van der Waals surface area contributed by atoms with Crippen molar-refractivity contribution in [3.8, 4) is 0 Å². The number of hydrogen-bond acceptors (Lipinski definition) is 2. The third-order valence-electron chi connectivity index (χ3n) is 4.10. The maximum Gasteiger partial charge on any atom is 0.0575 e. The van der Waals surface area contributed by atoms with Crippen LogP contribution in [-0.2, 0) is 9.47 Å². The number of ether oxygens (including phenoxy) is 2. The predicted molar refractivity (Wildman–Crippen MR) is 70.3 cm³/mol. The van der Waals surface area contributed by atoms with Gasteiger partial charge in [-0.05, 0) is 51.4 Å². The van der Waals surface area contributed by atoms with Gasteiger partial charge in [-0.25, -0.2) is 0 Å². The van der Waals surface area contributed by atoms with Crippen LogP contribution in [0.1, 0.15) is 70.6 Å². The maximum absolute atomic E-state index is 5.75. The molecule has 2 heteroatoms. The monoisotopic (exact) mass is 240 g/mol. The molecule has 0 bridgehead atoms. The molecule has 0 aromatic heterocycles. The summed E-state index contributed by atoms with van der Waals surface area (Å²) in [5, 5.41) is 0. The van der Waals surface area contributed by atoms with Crippen LogP contribution in [0.15, 0.2) is 0 Å². The fraction of sp³-hybridized carbons (Fsp3) is 1.00. The Morgan fingerprint density at radius 1 is 0.647 bits per heavy atom. The zero-order chi connectivity index (χ0) is 11.8. The van der Waals surface area contributed by atoms with Gasteiger partial charge in [0.15, 0.2) is 0 Å². The van der Waals surface area contributed by atoms with Crippen molar-refractivity contribution in [2.45, 2.75) is 82.8 Å². The summed E-state index contributed by atoms with van der Waals surface area (Å²) in [5.74, 6) is 0. The van der Waals surface area contributed by atoms with Crippen LogP contribution >= 0.6 is 0 Å². The first-order valence-electron chi connectivity index (χ1n) is 7.68. The third kappa shape index (κ3) is 5.39. The maximum atomic E-state index is 5.75. The van der Waals surface area contributed by atoms with Crippen LogP contribution in [0.3, 0.4) is 0 Å². The molecule has 2 fully saturated rings. The second kappa shape index (κ2) is 8.10. The molecular formula is C15H28O2. The Hall–Kier alpha value is -0.0800. The van der Waals surface area contributed by atoms with Gasteiger partial charge in [0.2, 0.25) is 0 Å². The van der Waals surface area contributed by atoms with E-state index >= 15 is 0 Å². The minimum Gasteiger partial charge on any atom is -0.378 e. The Morgan fingerprint density at radius 3 is 1.59 bits per heavy atom. The van der Waals surface area contributed by atoms with E-state index in [2.05, 4.69) is 0 Å². The summed E-state index contributed by atoms with van der Waals surface area (Å²) in [5.41, 5.74) is 0. The van der Waals surface area contributed by atoms with Crippen molar-refractivity contribution in [1.29, 1.82) is 0 Å². The van der Waals surface area contributed by atoms with Gasteiger partial charge in [0.25, 0.3) is 0 Å². The summed E-state index contributed by atoms with van der Waals surface area (Å²) >= 11 is 0. The molecule has 0 aromatic carbocycles. The largest absolute Gasteiger partial charge is 0.378 e. The van der Waals surface area contributed by atoms with Gasteiger partial charge in [-0.2, -0.15) is 0 Å². The normalized spacial score (nSPS) is 30.4.